The van der Waals surface area contributed by atoms with E-state index in [4.69, 9.17) is 15.0 Å². The van der Waals surface area contributed by atoms with Crippen LogP contribution in [0.25, 0.3) is 83.6 Å². The second-order valence-corrected chi connectivity index (χ2v) is 11.7. The van der Waals surface area contributed by atoms with Crippen molar-refractivity contribution in [3.8, 4) is 51.0 Å². The normalized spacial score (nSPS) is 11.4. The predicted octanol–water partition coefficient (Wildman–Crippen LogP) is 10.8. The molecule has 0 aliphatic rings. The average molecular weight is 601 g/mol. The van der Waals surface area contributed by atoms with Crippen LogP contribution in [0.4, 0.5) is 0 Å². The first-order valence-electron chi connectivity index (χ1n) is 15.8. The van der Waals surface area contributed by atoms with Crippen LogP contribution >= 0.6 is 0 Å². The van der Waals surface area contributed by atoms with E-state index in [9.17, 15) is 0 Å². The van der Waals surface area contributed by atoms with Gasteiger partial charge in [-0.05, 0) is 46.7 Å². The fraction of sp³-hybridized carbons (Fsp3) is 0. The molecule has 9 rings (SSSR count). The predicted molar refractivity (Wildman–Crippen MR) is 193 cm³/mol. The Balaban J connectivity index is 1.24. The largest absolute Gasteiger partial charge is 0.309 e. The van der Waals surface area contributed by atoms with Crippen molar-refractivity contribution in [2.75, 3.05) is 0 Å². The van der Waals surface area contributed by atoms with Crippen LogP contribution in [0.3, 0.4) is 0 Å². The molecule has 0 amide bonds. The standard InChI is InChI=1S/C43H28N4/c1-3-14-29(15-4-1)41-44-42(30-16-5-2-6-17-30)46-43(45-41)34-21-13-20-33(26-34)35-22-9-11-24-38(35)47-39-25-12-10-23-36(39)37-27-31-18-7-8-19-32(31)28-40(37)47/h1-28H. The number of fused-ring (bicyclic) bond motifs is 4. The van der Waals surface area contributed by atoms with Crippen molar-refractivity contribution in [3.05, 3.63) is 170 Å². The van der Waals surface area contributed by atoms with E-state index in [0.29, 0.717) is 17.5 Å². The number of rotatable bonds is 5. The molecule has 0 N–H and O–H groups in total. The Morgan fingerprint density at radius 1 is 0.340 bits per heavy atom. The van der Waals surface area contributed by atoms with Crippen molar-refractivity contribution in [1.29, 1.82) is 0 Å². The van der Waals surface area contributed by atoms with Gasteiger partial charge in [0.1, 0.15) is 0 Å². The van der Waals surface area contributed by atoms with Crippen molar-refractivity contribution < 1.29 is 0 Å². The first-order chi connectivity index (χ1) is 23.3. The maximum atomic E-state index is 4.99. The molecular weight excluding hydrogens is 573 g/mol. The zero-order valence-corrected chi connectivity index (χ0v) is 25.5. The van der Waals surface area contributed by atoms with E-state index in [1.165, 1.54) is 32.6 Å². The Morgan fingerprint density at radius 3 is 1.60 bits per heavy atom. The third kappa shape index (κ3) is 4.75. The molecule has 2 aromatic heterocycles. The number of hydrogen-bond acceptors (Lipinski definition) is 3. The molecular formula is C43H28N4. The molecule has 0 saturated carbocycles. The maximum Gasteiger partial charge on any atom is 0.164 e. The summed E-state index contributed by atoms with van der Waals surface area (Å²) >= 11 is 0. The van der Waals surface area contributed by atoms with Crippen molar-refractivity contribution in [2.24, 2.45) is 0 Å². The Bertz CT molecular complexity index is 2510. The van der Waals surface area contributed by atoms with Crippen LogP contribution in [0.2, 0.25) is 0 Å². The zero-order chi connectivity index (χ0) is 31.2. The lowest BCUT2D eigenvalue weighted by Crippen LogP contribution is -2.00. The summed E-state index contributed by atoms with van der Waals surface area (Å²) in [5.74, 6) is 1.94. The van der Waals surface area contributed by atoms with Crippen molar-refractivity contribution >= 4 is 32.6 Å². The van der Waals surface area contributed by atoms with Crippen LogP contribution in [-0.4, -0.2) is 19.5 Å². The molecule has 47 heavy (non-hydrogen) atoms. The van der Waals surface area contributed by atoms with E-state index in [1.54, 1.807) is 0 Å². The number of para-hydroxylation sites is 2. The highest BCUT2D eigenvalue weighted by Crippen LogP contribution is 2.38. The van der Waals surface area contributed by atoms with E-state index in [1.807, 2.05) is 60.7 Å². The molecule has 0 saturated heterocycles. The van der Waals surface area contributed by atoms with Gasteiger partial charge in [-0.1, -0.05) is 140 Å². The summed E-state index contributed by atoms with van der Waals surface area (Å²) in [5, 5.41) is 4.95. The van der Waals surface area contributed by atoms with Crippen LogP contribution in [0, 0.1) is 0 Å². The Morgan fingerprint density at radius 2 is 0.872 bits per heavy atom. The average Bonchev–Trinajstić information content (AvgIpc) is 3.47. The van der Waals surface area contributed by atoms with Crippen molar-refractivity contribution in [1.82, 2.24) is 19.5 Å². The van der Waals surface area contributed by atoms with E-state index >= 15 is 0 Å². The van der Waals surface area contributed by atoms with Gasteiger partial charge >= 0.3 is 0 Å². The maximum absolute atomic E-state index is 4.99. The summed E-state index contributed by atoms with van der Waals surface area (Å²) in [5.41, 5.74) is 8.55. The molecule has 7 aromatic carbocycles. The first kappa shape index (κ1) is 27.0. The summed E-state index contributed by atoms with van der Waals surface area (Å²) in [7, 11) is 0. The molecule has 0 atom stereocenters. The monoisotopic (exact) mass is 600 g/mol. The zero-order valence-electron chi connectivity index (χ0n) is 25.5. The Labute approximate surface area is 272 Å². The van der Waals surface area contributed by atoms with Crippen LogP contribution in [-0.2, 0) is 0 Å². The number of nitrogens with zero attached hydrogens (tertiary/aromatic N) is 4. The smallest absolute Gasteiger partial charge is 0.164 e. The minimum absolute atomic E-state index is 0.639. The fourth-order valence-corrected chi connectivity index (χ4v) is 6.59. The van der Waals surface area contributed by atoms with Crippen LogP contribution in [0.5, 0.6) is 0 Å². The first-order valence-corrected chi connectivity index (χ1v) is 15.8. The van der Waals surface area contributed by atoms with Gasteiger partial charge in [-0.2, -0.15) is 0 Å². The number of aromatic nitrogens is 4. The van der Waals surface area contributed by atoms with E-state index in [-0.39, 0.29) is 0 Å². The van der Waals surface area contributed by atoms with Gasteiger partial charge in [-0.15, -0.1) is 0 Å². The third-order valence-electron chi connectivity index (χ3n) is 8.82. The van der Waals surface area contributed by atoms with Crippen molar-refractivity contribution in [2.45, 2.75) is 0 Å². The minimum Gasteiger partial charge on any atom is -0.309 e. The highest BCUT2D eigenvalue weighted by molar-refractivity contribution is 6.14. The van der Waals surface area contributed by atoms with Crippen LogP contribution < -0.4 is 0 Å². The molecule has 4 heteroatoms. The molecule has 2 heterocycles. The van der Waals surface area contributed by atoms with Gasteiger partial charge in [0.15, 0.2) is 17.5 Å². The molecule has 0 spiro atoms. The van der Waals surface area contributed by atoms with E-state index in [0.717, 1.165) is 33.5 Å². The molecule has 0 aliphatic heterocycles. The third-order valence-corrected chi connectivity index (χ3v) is 8.82. The number of hydrogen-bond donors (Lipinski definition) is 0. The molecule has 4 nitrogen and oxygen atoms in total. The van der Waals surface area contributed by atoms with Crippen LogP contribution in [0.1, 0.15) is 0 Å². The van der Waals surface area contributed by atoms with Gasteiger partial charge in [-0.25, -0.2) is 15.0 Å². The quantitative estimate of drug-likeness (QED) is 0.197. The minimum atomic E-state index is 0.639. The summed E-state index contributed by atoms with van der Waals surface area (Å²) in [6, 6.07) is 59.3. The highest BCUT2D eigenvalue weighted by atomic mass is 15.0. The lowest BCUT2D eigenvalue weighted by molar-refractivity contribution is 1.07. The van der Waals surface area contributed by atoms with Gasteiger partial charge < -0.3 is 4.57 Å². The molecule has 0 radical (unpaired) electrons. The molecule has 0 bridgehead atoms. The van der Waals surface area contributed by atoms with Gasteiger partial charge in [0.05, 0.1) is 16.7 Å². The Kier molecular flexibility index (Phi) is 6.43. The second-order valence-electron chi connectivity index (χ2n) is 11.7. The van der Waals surface area contributed by atoms with Crippen molar-refractivity contribution in [3.63, 3.8) is 0 Å². The van der Waals surface area contributed by atoms with Gasteiger partial charge in [0.25, 0.3) is 0 Å². The highest BCUT2D eigenvalue weighted by Gasteiger charge is 2.17. The summed E-state index contributed by atoms with van der Waals surface area (Å²) < 4.78 is 2.41. The summed E-state index contributed by atoms with van der Waals surface area (Å²) in [4.78, 5) is 14.9. The SMILES string of the molecule is c1ccc(-c2nc(-c3ccccc3)nc(-c3cccc(-c4ccccc4-n4c5ccccc5c5cc6ccccc6cc54)c3)n2)cc1. The molecule has 0 aliphatic carbocycles. The molecule has 0 fully saturated rings. The lowest BCUT2D eigenvalue weighted by atomic mass is 10.0. The molecule has 9 aromatic rings. The Hall–Kier alpha value is -6.39. The number of benzene rings is 7. The second kappa shape index (κ2) is 11.2. The molecule has 220 valence electrons. The topological polar surface area (TPSA) is 43.6 Å². The fourth-order valence-electron chi connectivity index (χ4n) is 6.59. The van der Waals surface area contributed by atoms with Gasteiger partial charge in [0.2, 0.25) is 0 Å². The van der Waals surface area contributed by atoms with E-state index in [2.05, 4.69) is 114 Å². The lowest BCUT2D eigenvalue weighted by Gasteiger charge is -2.15. The van der Waals surface area contributed by atoms with Crippen LogP contribution in [0.15, 0.2) is 170 Å². The van der Waals surface area contributed by atoms with E-state index < -0.39 is 0 Å². The van der Waals surface area contributed by atoms with Gasteiger partial charge in [0, 0.05) is 33.0 Å². The summed E-state index contributed by atoms with van der Waals surface area (Å²) in [6.45, 7) is 0. The molecule has 0 unspecified atom stereocenters. The summed E-state index contributed by atoms with van der Waals surface area (Å²) in [6.07, 6.45) is 0. The van der Waals surface area contributed by atoms with Gasteiger partial charge in [-0.3, -0.25) is 0 Å².